The first-order chi connectivity index (χ1) is 20.1. The van der Waals surface area contributed by atoms with Gasteiger partial charge in [0.05, 0.1) is 6.42 Å². The molecule has 0 radical (unpaired) electrons. The molecule has 1 atom stereocenters. The largest absolute Gasteiger partial charge is 0.481 e. The number of hydrogen-bond acceptors (Lipinski definition) is 6. The SMILES string of the molecule is O=C(O)CCC(=O)N[C@@H](Cc1ccc(OC(C(=O)O)C(=O)O)cc1)C(=O)NCCC(c1ccccc1)c1ccccc1. The molecule has 0 heterocycles. The minimum absolute atomic E-state index is 0.00656. The minimum atomic E-state index is -2.08. The summed E-state index contributed by atoms with van der Waals surface area (Å²) >= 11 is 0. The first-order valence-electron chi connectivity index (χ1n) is 13.2. The molecule has 11 nitrogen and oxygen atoms in total. The molecule has 42 heavy (non-hydrogen) atoms. The van der Waals surface area contributed by atoms with Crippen LogP contribution in [-0.2, 0) is 30.4 Å². The number of rotatable bonds is 16. The Hall–Kier alpha value is -5.19. The monoisotopic (exact) mass is 576 g/mol. The molecule has 0 aliphatic heterocycles. The molecule has 3 aromatic carbocycles. The molecule has 0 bridgehead atoms. The Bertz CT molecular complexity index is 1310. The second-order valence-corrected chi connectivity index (χ2v) is 9.49. The van der Waals surface area contributed by atoms with Crippen LogP contribution in [0.4, 0.5) is 0 Å². The van der Waals surface area contributed by atoms with Crippen LogP contribution in [0.25, 0.3) is 0 Å². The number of amides is 2. The quantitative estimate of drug-likeness (QED) is 0.160. The first kappa shape index (κ1) is 31.3. The summed E-state index contributed by atoms with van der Waals surface area (Å²) < 4.78 is 5.01. The minimum Gasteiger partial charge on any atom is -0.481 e. The molecule has 0 spiro atoms. The Balaban J connectivity index is 1.70. The van der Waals surface area contributed by atoms with E-state index in [4.69, 9.17) is 20.1 Å². The summed E-state index contributed by atoms with van der Waals surface area (Å²) in [6.45, 7) is 0.299. The maximum Gasteiger partial charge on any atom is 0.356 e. The molecule has 2 amide bonds. The number of aliphatic carboxylic acids is 3. The van der Waals surface area contributed by atoms with Crippen LogP contribution in [-0.4, -0.2) is 63.7 Å². The van der Waals surface area contributed by atoms with Crippen molar-refractivity contribution in [2.24, 2.45) is 0 Å². The Morgan fingerprint density at radius 1 is 0.714 bits per heavy atom. The molecule has 0 unspecified atom stereocenters. The lowest BCUT2D eigenvalue weighted by atomic mass is 9.88. The predicted molar refractivity (Wildman–Crippen MR) is 151 cm³/mol. The number of nitrogens with one attached hydrogen (secondary N) is 2. The molecule has 5 N–H and O–H groups in total. The summed E-state index contributed by atoms with van der Waals surface area (Å²) in [5.74, 6) is -5.51. The van der Waals surface area contributed by atoms with Crippen LogP contribution in [0.2, 0.25) is 0 Å². The van der Waals surface area contributed by atoms with E-state index < -0.39 is 48.3 Å². The van der Waals surface area contributed by atoms with Crippen molar-refractivity contribution < 1.29 is 44.0 Å². The van der Waals surface area contributed by atoms with Crippen LogP contribution in [0.5, 0.6) is 5.75 Å². The summed E-state index contributed by atoms with van der Waals surface area (Å²) in [6, 6.07) is 24.5. The molecule has 0 aliphatic carbocycles. The number of carbonyl (C=O) groups excluding carboxylic acids is 2. The van der Waals surface area contributed by atoms with E-state index in [1.165, 1.54) is 24.3 Å². The summed E-state index contributed by atoms with van der Waals surface area (Å²) in [6.07, 6.45) is -2.16. The highest BCUT2D eigenvalue weighted by atomic mass is 16.5. The lowest BCUT2D eigenvalue weighted by Gasteiger charge is -2.21. The van der Waals surface area contributed by atoms with Gasteiger partial charge in [-0.15, -0.1) is 0 Å². The van der Waals surface area contributed by atoms with Crippen LogP contribution >= 0.6 is 0 Å². The zero-order valence-corrected chi connectivity index (χ0v) is 22.6. The molecule has 0 saturated carbocycles. The van der Waals surface area contributed by atoms with Crippen LogP contribution in [0, 0.1) is 0 Å². The van der Waals surface area contributed by atoms with Gasteiger partial charge in [-0.2, -0.15) is 0 Å². The normalized spacial score (nSPS) is 11.5. The number of carbonyl (C=O) groups is 5. The molecule has 3 rings (SSSR count). The maximum atomic E-state index is 13.2. The molecular weight excluding hydrogens is 544 g/mol. The third kappa shape index (κ3) is 9.77. The van der Waals surface area contributed by atoms with Gasteiger partial charge >= 0.3 is 17.9 Å². The van der Waals surface area contributed by atoms with E-state index in [9.17, 15) is 24.0 Å². The number of hydrogen-bond donors (Lipinski definition) is 5. The highest BCUT2D eigenvalue weighted by Gasteiger charge is 2.28. The van der Waals surface area contributed by atoms with Crippen LogP contribution < -0.4 is 15.4 Å². The van der Waals surface area contributed by atoms with E-state index in [2.05, 4.69) is 10.6 Å². The zero-order chi connectivity index (χ0) is 30.5. The van der Waals surface area contributed by atoms with Crippen molar-refractivity contribution in [1.29, 1.82) is 0 Å². The summed E-state index contributed by atoms with van der Waals surface area (Å²) in [4.78, 5) is 58.8. The van der Waals surface area contributed by atoms with Gasteiger partial charge in [0.1, 0.15) is 11.8 Å². The average molecular weight is 577 g/mol. The first-order valence-corrected chi connectivity index (χ1v) is 13.2. The van der Waals surface area contributed by atoms with Crippen LogP contribution in [0.3, 0.4) is 0 Å². The van der Waals surface area contributed by atoms with Gasteiger partial charge in [0.25, 0.3) is 6.10 Å². The number of carboxylic acids is 3. The lowest BCUT2D eigenvalue weighted by Crippen LogP contribution is -2.48. The topological polar surface area (TPSA) is 179 Å². The predicted octanol–water partition coefficient (Wildman–Crippen LogP) is 2.83. The van der Waals surface area contributed by atoms with E-state index in [0.29, 0.717) is 18.5 Å². The van der Waals surface area contributed by atoms with Gasteiger partial charge in [0.2, 0.25) is 11.8 Å². The zero-order valence-electron chi connectivity index (χ0n) is 22.6. The smallest absolute Gasteiger partial charge is 0.356 e. The van der Waals surface area contributed by atoms with Crippen molar-refractivity contribution in [2.75, 3.05) is 6.54 Å². The van der Waals surface area contributed by atoms with Crippen molar-refractivity contribution in [3.63, 3.8) is 0 Å². The fourth-order valence-electron chi connectivity index (χ4n) is 4.34. The number of ether oxygens (including phenoxy) is 1. The van der Waals surface area contributed by atoms with E-state index in [1.54, 1.807) is 0 Å². The number of benzene rings is 3. The van der Waals surface area contributed by atoms with Gasteiger partial charge in [0, 0.05) is 25.3 Å². The van der Waals surface area contributed by atoms with E-state index in [1.807, 2.05) is 60.7 Å². The lowest BCUT2D eigenvalue weighted by molar-refractivity contribution is -0.159. The second kappa shape index (κ2) is 15.6. The van der Waals surface area contributed by atoms with Crippen molar-refractivity contribution >= 4 is 29.7 Å². The fourth-order valence-corrected chi connectivity index (χ4v) is 4.34. The average Bonchev–Trinajstić information content (AvgIpc) is 2.98. The Morgan fingerprint density at radius 2 is 1.26 bits per heavy atom. The van der Waals surface area contributed by atoms with Crippen molar-refractivity contribution in [3.8, 4) is 5.75 Å². The Morgan fingerprint density at radius 3 is 1.76 bits per heavy atom. The van der Waals surface area contributed by atoms with Gasteiger partial charge in [-0.3, -0.25) is 14.4 Å². The number of carboxylic acid groups (broad SMARTS) is 3. The molecule has 0 fully saturated rings. The van der Waals surface area contributed by atoms with E-state index >= 15 is 0 Å². The van der Waals surface area contributed by atoms with Gasteiger partial charge < -0.3 is 30.7 Å². The molecule has 11 heteroatoms. The molecule has 0 aromatic heterocycles. The highest BCUT2D eigenvalue weighted by molar-refractivity contribution is 5.96. The molecule has 0 aliphatic rings. The molecular formula is C31H32N2O9. The standard InChI is InChI=1S/C31H32N2O9/c34-26(15-16-27(35)36)33-25(19-20-11-13-23(14-12-20)42-28(30(38)39)31(40)41)29(37)32-18-17-24(21-7-3-1-4-8-21)22-9-5-2-6-10-22/h1-14,24-25,28H,15-19H2,(H,32,37)(H,33,34)(H,35,36)(H,38,39)(H,40,41)/t25-/m0/s1. The summed E-state index contributed by atoms with van der Waals surface area (Å²) in [5.41, 5.74) is 2.74. The van der Waals surface area contributed by atoms with Crippen molar-refractivity contribution in [1.82, 2.24) is 10.6 Å². The van der Waals surface area contributed by atoms with Crippen molar-refractivity contribution in [3.05, 3.63) is 102 Å². The maximum absolute atomic E-state index is 13.2. The second-order valence-electron chi connectivity index (χ2n) is 9.49. The van der Waals surface area contributed by atoms with Gasteiger partial charge in [-0.25, -0.2) is 9.59 Å². The molecule has 0 saturated heterocycles. The van der Waals surface area contributed by atoms with Gasteiger partial charge in [0.15, 0.2) is 0 Å². The highest BCUT2D eigenvalue weighted by Crippen LogP contribution is 2.27. The summed E-state index contributed by atoms with van der Waals surface area (Å²) in [7, 11) is 0. The van der Waals surface area contributed by atoms with E-state index in [-0.39, 0.29) is 24.5 Å². The Kier molecular flexibility index (Phi) is 11.6. The fraction of sp³-hybridized carbons (Fsp3) is 0.258. The molecule has 220 valence electrons. The molecule has 3 aromatic rings. The summed E-state index contributed by atoms with van der Waals surface area (Å²) in [5, 5.41) is 32.4. The van der Waals surface area contributed by atoms with Crippen LogP contribution in [0.15, 0.2) is 84.9 Å². The van der Waals surface area contributed by atoms with E-state index in [0.717, 1.165) is 11.1 Å². The Labute approximate surface area is 242 Å². The third-order valence-electron chi connectivity index (χ3n) is 6.42. The van der Waals surface area contributed by atoms with Gasteiger partial charge in [-0.05, 0) is 35.2 Å². The van der Waals surface area contributed by atoms with Crippen LogP contribution in [0.1, 0.15) is 41.9 Å². The van der Waals surface area contributed by atoms with Gasteiger partial charge in [-0.1, -0.05) is 72.8 Å². The van der Waals surface area contributed by atoms with Crippen molar-refractivity contribution in [2.45, 2.75) is 43.7 Å². The third-order valence-corrected chi connectivity index (χ3v) is 6.42.